The van der Waals surface area contributed by atoms with E-state index in [0.717, 1.165) is 45.6 Å². The summed E-state index contributed by atoms with van der Waals surface area (Å²) in [5.74, 6) is 3.21. The van der Waals surface area contributed by atoms with Crippen LogP contribution >= 0.6 is 0 Å². The number of rotatable bonds is 0. The maximum Gasteiger partial charge on any atom is 0.159 e. The zero-order chi connectivity index (χ0) is 21.3. The van der Waals surface area contributed by atoms with Crippen molar-refractivity contribution in [3.63, 3.8) is 0 Å². The van der Waals surface area contributed by atoms with Gasteiger partial charge < -0.3 is 0 Å². The summed E-state index contributed by atoms with van der Waals surface area (Å²) in [4.78, 5) is 9.90. The standard InChI is InChI=1S/C24H25N6.Pt/c1-23(2)17-11-7-9-15(13-17)20-26-22(28-30(20)6)24(3,4)18-12-8-10-16(14-18)19-25-21(23)27-29(19)5;/h7-13H,1-6H3;/q-1;. The number of hydrogen-bond acceptors (Lipinski definition) is 4. The second-order valence-corrected chi connectivity index (χ2v) is 9.07. The van der Waals surface area contributed by atoms with Crippen molar-refractivity contribution < 1.29 is 21.1 Å². The predicted molar refractivity (Wildman–Crippen MR) is 116 cm³/mol. The van der Waals surface area contributed by atoms with Gasteiger partial charge in [0.15, 0.2) is 17.5 Å². The molecule has 0 saturated heterocycles. The molecule has 0 spiro atoms. The smallest absolute Gasteiger partial charge is 0.159 e. The Hall–Kier alpha value is -2.59. The van der Waals surface area contributed by atoms with Crippen molar-refractivity contribution in [1.29, 1.82) is 0 Å². The quantitative estimate of drug-likeness (QED) is 0.290. The van der Waals surface area contributed by atoms with Crippen LogP contribution < -0.4 is 0 Å². The van der Waals surface area contributed by atoms with Crippen LogP contribution in [0.4, 0.5) is 0 Å². The van der Waals surface area contributed by atoms with Gasteiger partial charge in [0, 0.05) is 46.1 Å². The van der Waals surface area contributed by atoms with Crippen LogP contribution in [0.15, 0.2) is 42.5 Å². The molecular formula is C24H25N6Pt-. The van der Waals surface area contributed by atoms with E-state index in [0.29, 0.717) is 0 Å². The largest absolute Gasteiger partial charge is 0.289 e. The Bertz CT molecular complexity index is 1180. The molecule has 0 fully saturated rings. The maximum atomic E-state index is 4.95. The van der Waals surface area contributed by atoms with Crippen LogP contribution in [0, 0.1) is 6.07 Å². The van der Waals surface area contributed by atoms with Crippen molar-refractivity contribution in [2.24, 2.45) is 14.1 Å². The number of benzene rings is 2. The second kappa shape index (κ2) is 7.23. The Kier molecular flexibility index (Phi) is 5.05. The molecule has 6 nitrogen and oxygen atoms in total. The third-order valence-electron chi connectivity index (χ3n) is 6.20. The SMILES string of the molecule is Cn1nc2nc1-c1[c-]c(ccc1)C(C)(C)c1nc(n(C)n1)-c1cccc(c1)C2(C)C.[Pt]. The molecule has 7 heteroatoms. The summed E-state index contributed by atoms with van der Waals surface area (Å²) < 4.78 is 3.71. The van der Waals surface area contributed by atoms with E-state index in [1.54, 1.807) is 0 Å². The second-order valence-electron chi connectivity index (χ2n) is 9.07. The topological polar surface area (TPSA) is 61.4 Å². The molecule has 31 heavy (non-hydrogen) atoms. The minimum atomic E-state index is -0.408. The molecule has 1 aliphatic heterocycles. The monoisotopic (exact) mass is 592 g/mol. The van der Waals surface area contributed by atoms with Crippen molar-refractivity contribution >= 4 is 0 Å². The third-order valence-corrected chi connectivity index (χ3v) is 6.20. The summed E-state index contributed by atoms with van der Waals surface area (Å²) in [5.41, 5.74) is 3.33. The molecular weight excluding hydrogens is 567 g/mol. The Morgan fingerprint density at radius 2 is 1.39 bits per heavy atom. The molecule has 0 radical (unpaired) electrons. The first kappa shape index (κ1) is 21.6. The van der Waals surface area contributed by atoms with E-state index in [-0.39, 0.29) is 26.5 Å². The van der Waals surface area contributed by atoms with Gasteiger partial charge in [0.1, 0.15) is 0 Å². The van der Waals surface area contributed by atoms with Gasteiger partial charge in [-0.15, -0.1) is 35.4 Å². The molecule has 5 rings (SSSR count). The van der Waals surface area contributed by atoms with E-state index in [9.17, 15) is 0 Å². The number of nitrogens with zero attached hydrogens (tertiary/aromatic N) is 6. The molecule has 1 aliphatic rings. The van der Waals surface area contributed by atoms with Crippen LogP contribution in [0.3, 0.4) is 0 Å². The molecule has 0 N–H and O–H groups in total. The van der Waals surface area contributed by atoms with E-state index >= 15 is 0 Å². The summed E-state index contributed by atoms with van der Waals surface area (Å²) in [5, 5.41) is 9.56. The molecule has 2 aromatic heterocycles. The van der Waals surface area contributed by atoms with Gasteiger partial charge in [-0.3, -0.25) is 9.67 Å². The van der Waals surface area contributed by atoms with Gasteiger partial charge in [0.05, 0.1) is 11.2 Å². The summed E-state index contributed by atoms with van der Waals surface area (Å²) in [6.45, 7) is 8.58. The fourth-order valence-corrected chi connectivity index (χ4v) is 4.04. The Labute approximate surface area is 197 Å². The Morgan fingerprint density at radius 3 is 2.13 bits per heavy atom. The summed E-state index contributed by atoms with van der Waals surface area (Å²) in [7, 11) is 3.89. The van der Waals surface area contributed by atoms with Gasteiger partial charge in [-0.05, 0) is 25.5 Å². The van der Waals surface area contributed by atoms with Crippen molar-refractivity contribution in [2.75, 3.05) is 0 Å². The fraction of sp³-hybridized carbons (Fsp3) is 0.333. The van der Waals surface area contributed by atoms with Crippen LogP contribution in [0.1, 0.15) is 50.5 Å². The fourth-order valence-electron chi connectivity index (χ4n) is 4.04. The first-order valence-corrected chi connectivity index (χ1v) is 10.1. The average molecular weight is 593 g/mol. The van der Waals surface area contributed by atoms with Gasteiger partial charge in [-0.2, -0.15) is 10.2 Å². The summed E-state index contributed by atoms with van der Waals surface area (Å²) in [6.07, 6.45) is 0. The van der Waals surface area contributed by atoms with Crippen molar-refractivity contribution in [3.05, 3.63) is 71.3 Å². The Morgan fingerprint density at radius 1 is 0.774 bits per heavy atom. The number of hydrogen-bond donors (Lipinski definition) is 0. The first-order valence-electron chi connectivity index (χ1n) is 10.1. The molecule has 3 heterocycles. The molecule has 8 bridgehead atoms. The zero-order valence-electron chi connectivity index (χ0n) is 18.5. The minimum Gasteiger partial charge on any atom is -0.289 e. The van der Waals surface area contributed by atoms with E-state index < -0.39 is 5.41 Å². The normalized spacial score (nSPS) is 15.7. The van der Waals surface area contributed by atoms with Crippen molar-refractivity contribution in [2.45, 2.75) is 38.5 Å². The van der Waals surface area contributed by atoms with E-state index in [2.05, 4.69) is 64.1 Å². The predicted octanol–water partition coefficient (Wildman–Crippen LogP) is 4.04. The number of aryl methyl sites for hydroxylation is 2. The van der Waals surface area contributed by atoms with E-state index in [1.807, 2.05) is 35.6 Å². The van der Waals surface area contributed by atoms with Crippen LogP contribution in [0.25, 0.3) is 22.8 Å². The van der Waals surface area contributed by atoms with E-state index in [1.165, 1.54) is 0 Å². The van der Waals surface area contributed by atoms with Gasteiger partial charge >= 0.3 is 0 Å². The van der Waals surface area contributed by atoms with Crippen LogP contribution in [-0.2, 0) is 46.0 Å². The van der Waals surface area contributed by atoms with Gasteiger partial charge in [-0.1, -0.05) is 32.0 Å². The maximum absolute atomic E-state index is 4.95. The molecule has 0 aliphatic carbocycles. The summed E-state index contributed by atoms with van der Waals surface area (Å²) in [6, 6.07) is 18.2. The number of fused-ring (bicyclic) bond motifs is 10. The minimum absolute atomic E-state index is 0. The zero-order valence-corrected chi connectivity index (χ0v) is 20.8. The molecule has 4 aromatic rings. The molecule has 2 aromatic carbocycles. The number of aromatic nitrogens is 6. The molecule has 0 saturated carbocycles. The molecule has 0 amide bonds. The van der Waals surface area contributed by atoms with Gasteiger partial charge in [0.2, 0.25) is 0 Å². The molecule has 162 valence electrons. The molecule has 0 unspecified atom stereocenters. The molecule has 0 atom stereocenters. The summed E-state index contributed by atoms with van der Waals surface area (Å²) >= 11 is 0. The van der Waals surface area contributed by atoms with Crippen molar-refractivity contribution in [3.8, 4) is 22.8 Å². The van der Waals surface area contributed by atoms with E-state index in [4.69, 9.17) is 20.2 Å². The van der Waals surface area contributed by atoms with Crippen LogP contribution in [0.5, 0.6) is 0 Å². The van der Waals surface area contributed by atoms with Crippen molar-refractivity contribution in [1.82, 2.24) is 29.5 Å². The van der Waals surface area contributed by atoms with Crippen LogP contribution in [0.2, 0.25) is 0 Å². The van der Waals surface area contributed by atoms with Gasteiger partial charge in [-0.25, -0.2) is 9.67 Å². The average Bonchev–Trinajstić information content (AvgIpc) is 3.31. The van der Waals surface area contributed by atoms with Crippen LogP contribution in [-0.4, -0.2) is 29.5 Å². The third kappa shape index (κ3) is 3.28. The van der Waals surface area contributed by atoms with Gasteiger partial charge in [0.25, 0.3) is 0 Å². The Balaban J connectivity index is 0.00000231. The first-order chi connectivity index (χ1) is 14.2.